The molecular formula is C22H25BN4O3S. The molecule has 31 heavy (non-hydrogen) atoms. The topological polar surface area (TPSA) is 95.7 Å². The Balaban J connectivity index is 1.45. The molecule has 2 fully saturated rings. The van der Waals surface area contributed by atoms with Crippen molar-refractivity contribution < 1.29 is 14.4 Å². The van der Waals surface area contributed by atoms with Crippen molar-refractivity contribution in [1.82, 2.24) is 10.2 Å². The Bertz CT molecular complexity index is 1020. The van der Waals surface area contributed by atoms with Crippen LogP contribution in [0.2, 0.25) is 0 Å². The van der Waals surface area contributed by atoms with Gasteiger partial charge in [-0.05, 0) is 54.4 Å². The molecule has 1 aromatic carbocycles. The lowest BCUT2D eigenvalue weighted by atomic mass is 10.1. The highest BCUT2D eigenvalue weighted by Crippen LogP contribution is 2.27. The van der Waals surface area contributed by atoms with Crippen LogP contribution in [0.25, 0.3) is 0 Å². The molecule has 7 nitrogen and oxygen atoms in total. The van der Waals surface area contributed by atoms with Crippen LogP contribution < -0.4 is 20.7 Å². The van der Waals surface area contributed by atoms with Crippen LogP contribution >= 0.6 is 11.3 Å². The second-order valence-corrected chi connectivity index (χ2v) is 9.23. The van der Waals surface area contributed by atoms with Gasteiger partial charge in [0, 0.05) is 43.3 Å². The number of hydrogen-bond donors (Lipinski definition) is 2. The summed E-state index contributed by atoms with van der Waals surface area (Å²) in [5, 5.41) is 2.91. The van der Waals surface area contributed by atoms with Gasteiger partial charge in [0.15, 0.2) is 0 Å². The molecule has 160 valence electrons. The van der Waals surface area contributed by atoms with Crippen LogP contribution in [0.4, 0.5) is 5.69 Å². The van der Waals surface area contributed by atoms with E-state index in [4.69, 9.17) is 13.6 Å². The number of rotatable bonds is 5. The lowest BCUT2D eigenvalue weighted by Crippen LogP contribution is -2.40. The molecule has 3 amide bonds. The molecule has 2 saturated heterocycles. The van der Waals surface area contributed by atoms with Crippen LogP contribution in [0.3, 0.4) is 0 Å². The van der Waals surface area contributed by atoms with E-state index in [2.05, 4.69) is 5.32 Å². The van der Waals surface area contributed by atoms with Crippen molar-refractivity contribution in [3.8, 4) is 0 Å². The number of anilines is 1. The molecule has 2 aliphatic rings. The lowest BCUT2D eigenvalue weighted by molar-refractivity contribution is -0.117. The number of nitrogens with two attached hydrogens (primary N) is 1. The van der Waals surface area contributed by atoms with Crippen LogP contribution in [0.15, 0.2) is 30.3 Å². The van der Waals surface area contributed by atoms with Crippen molar-refractivity contribution in [2.24, 2.45) is 5.73 Å². The zero-order chi connectivity index (χ0) is 22.1. The molecule has 0 aliphatic carbocycles. The number of amides is 3. The highest BCUT2D eigenvalue weighted by molar-refractivity contribution is 7.21. The molecular weight excluding hydrogens is 411 g/mol. The summed E-state index contributed by atoms with van der Waals surface area (Å²) in [5.74, 6) is -0.291. The van der Waals surface area contributed by atoms with Gasteiger partial charge in [-0.1, -0.05) is 6.07 Å². The summed E-state index contributed by atoms with van der Waals surface area (Å²) < 4.78 is 0.575. The van der Waals surface area contributed by atoms with Crippen molar-refractivity contribution in [2.75, 3.05) is 24.5 Å². The van der Waals surface area contributed by atoms with Crippen LogP contribution in [-0.2, 0) is 4.79 Å². The van der Waals surface area contributed by atoms with E-state index in [1.54, 1.807) is 29.2 Å². The standard InChI is InChI=1S/C22H25BN4O3S/c1-13-9-15(4-5-17(13)22(30)26-8-2-3-16(26)11-24)27-12-14(10-20(27)28)25-21(29)18-6-7-19(23)31-18/h4-7,9,14,16H,2-3,8,10-12,24H2,1H3,(H,25,29)/t14?,16-/m1/s1. The molecule has 2 atom stereocenters. The zero-order valence-corrected chi connectivity index (χ0v) is 18.3. The molecule has 0 spiro atoms. The summed E-state index contributed by atoms with van der Waals surface area (Å²) in [7, 11) is 5.69. The highest BCUT2D eigenvalue weighted by atomic mass is 32.1. The molecule has 4 rings (SSSR count). The molecule has 1 aromatic heterocycles. The molecule has 3 N–H and O–H groups in total. The minimum atomic E-state index is -0.278. The van der Waals surface area contributed by atoms with Crippen LogP contribution in [-0.4, -0.2) is 62.2 Å². The van der Waals surface area contributed by atoms with Gasteiger partial charge in [-0.3, -0.25) is 14.4 Å². The smallest absolute Gasteiger partial charge is 0.261 e. The number of hydrogen-bond acceptors (Lipinski definition) is 5. The maximum Gasteiger partial charge on any atom is 0.261 e. The quantitative estimate of drug-likeness (QED) is 0.683. The molecule has 9 heteroatoms. The summed E-state index contributed by atoms with van der Waals surface area (Å²) >= 11 is 1.22. The van der Waals surface area contributed by atoms with Gasteiger partial charge >= 0.3 is 0 Å². The van der Waals surface area contributed by atoms with Gasteiger partial charge in [-0.15, -0.1) is 11.3 Å². The van der Waals surface area contributed by atoms with E-state index in [0.717, 1.165) is 30.6 Å². The Labute approximate surface area is 187 Å². The fourth-order valence-electron chi connectivity index (χ4n) is 4.34. The Morgan fingerprint density at radius 2 is 2.10 bits per heavy atom. The Morgan fingerprint density at radius 3 is 2.77 bits per heavy atom. The number of carbonyl (C=O) groups excluding carboxylic acids is 3. The normalized spacial score (nSPS) is 21.0. The van der Waals surface area contributed by atoms with Crippen molar-refractivity contribution in [2.45, 2.75) is 38.3 Å². The van der Waals surface area contributed by atoms with Crippen molar-refractivity contribution >= 4 is 47.4 Å². The fourth-order valence-corrected chi connectivity index (χ4v) is 5.02. The Morgan fingerprint density at radius 1 is 1.29 bits per heavy atom. The monoisotopic (exact) mass is 436 g/mol. The number of likely N-dealkylation sites (tertiary alicyclic amines) is 1. The van der Waals surface area contributed by atoms with Gasteiger partial charge in [0.05, 0.1) is 10.9 Å². The van der Waals surface area contributed by atoms with Crippen LogP contribution in [0.5, 0.6) is 0 Å². The summed E-state index contributed by atoms with van der Waals surface area (Å²) in [5.41, 5.74) is 8.00. The van der Waals surface area contributed by atoms with Crippen LogP contribution in [0.1, 0.15) is 44.9 Å². The third kappa shape index (κ3) is 4.38. The average Bonchev–Trinajstić information content (AvgIpc) is 3.47. The summed E-state index contributed by atoms with van der Waals surface area (Å²) in [6, 6.07) is 8.63. The summed E-state index contributed by atoms with van der Waals surface area (Å²) in [6.07, 6.45) is 2.14. The van der Waals surface area contributed by atoms with Gasteiger partial charge < -0.3 is 20.9 Å². The summed E-state index contributed by atoms with van der Waals surface area (Å²) in [4.78, 5) is 42.0. The molecule has 2 radical (unpaired) electrons. The second-order valence-electron chi connectivity index (χ2n) is 8.11. The minimum absolute atomic E-state index is 0.00916. The van der Waals surface area contributed by atoms with E-state index in [-0.39, 0.29) is 36.2 Å². The highest BCUT2D eigenvalue weighted by Gasteiger charge is 2.33. The SMILES string of the molecule is [B]c1ccc(C(=O)NC2CC(=O)N(c3ccc(C(=O)N4CCC[C@@H]4CN)c(C)c3)C2)s1. The number of nitrogens with zero attached hydrogens (tertiary/aromatic N) is 2. The molecule has 3 heterocycles. The number of carbonyl (C=O) groups is 3. The Kier molecular flexibility index (Phi) is 6.16. The number of aryl methyl sites for hydroxylation is 1. The first-order valence-corrected chi connectivity index (χ1v) is 11.3. The van der Waals surface area contributed by atoms with E-state index in [9.17, 15) is 14.4 Å². The zero-order valence-electron chi connectivity index (χ0n) is 17.5. The van der Waals surface area contributed by atoms with E-state index in [1.807, 2.05) is 17.9 Å². The van der Waals surface area contributed by atoms with E-state index in [0.29, 0.717) is 28.3 Å². The largest absolute Gasteiger partial charge is 0.346 e. The van der Waals surface area contributed by atoms with Crippen molar-refractivity contribution in [1.29, 1.82) is 0 Å². The van der Waals surface area contributed by atoms with Gasteiger partial charge in [0.25, 0.3) is 11.8 Å². The van der Waals surface area contributed by atoms with Crippen molar-refractivity contribution in [3.63, 3.8) is 0 Å². The van der Waals surface area contributed by atoms with Gasteiger partial charge in [-0.25, -0.2) is 0 Å². The van der Waals surface area contributed by atoms with Gasteiger partial charge in [0.2, 0.25) is 5.91 Å². The van der Waals surface area contributed by atoms with Gasteiger partial charge in [0.1, 0.15) is 7.85 Å². The number of benzene rings is 1. The molecule has 2 aliphatic heterocycles. The maximum atomic E-state index is 13.0. The number of nitrogens with one attached hydrogen (secondary N) is 1. The first kappa shape index (κ1) is 21.6. The van der Waals surface area contributed by atoms with Crippen molar-refractivity contribution in [3.05, 3.63) is 46.3 Å². The van der Waals surface area contributed by atoms with Crippen LogP contribution in [0, 0.1) is 6.92 Å². The molecule has 0 saturated carbocycles. The first-order valence-electron chi connectivity index (χ1n) is 10.5. The third-order valence-corrected chi connectivity index (χ3v) is 6.89. The first-order chi connectivity index (χ1) is 14.9. The number of thiophene rings is 1. The minimum Gasteiger partial charge on any atom is -0.346 e. The predicted molar refractivity (Wildman–Crippen MR) is 122 cm³/mol. The summed E-state index contributed by atoms with van der Waals surface area (Å²) in [6.45, 7) is 3.46. The molecule has 2 aromatic rings. The third-order valence-electron chi connectivity index (χ3n) is 5.97. The lowest BCUT2D eigenvalue weighted by Gasteiger charge is -2.25. The fraction of sp³-hybridized carbons (Fsp3) is 0.409. The Hall–Kier alpha value is -2.65. The average molecular weight is 436 g/mol. The molecule has 1 unspecified atom stereocenters. The van der Waals surface area contributed by atoms with Gasteiger partial charge in [-0.2, -0.15) is 0 Å². The predicted octanol–water partition coefficient (Wildman–Crippen LogP) is 0.949. The molecule has 0 bridgehead atoms. The van der Waals surface area contributed by atoms with E-state index in [1.165, 1.54) is 11.3 Å². The van der Waals surface area contributed by atoms with E-state index < -0.39 is 0 Å². The maximum absolute atomic E-state index is 13.0. The van der Waals surface area contributed by atoms with E-state index >= 15 is 0 Å². The second kappa shape index (κ2) is 8.84.